The Morgan fingerprint density at radius 3 is 2.02 bits per heavy atom. The molecule has 1 aliphatic rings. The molecule has 55 heavy (non-hydrogen) atoms. The minimum Gasteiger partial charge on any atom is -0.498 e. The SMILES string of the molecule is C=C(Cc1ccc(OC(=C)C2=CN(C(C)C(C)C)c3cc(OC)c(Cc4cccc(C)c4F)cc3C2=C)cc1)OCCCCCC.CCCCCCCCC. The maximum atomic E-state index is 15.0. The summed E-state index contributed by atoms with van der Waals surface area (Å²) in [6.45, 7) is 28.7. The summed E-state index contributed by atoms with van der Waals surface area (Å²) in [6, 6.07) is 17.7. The molecule has 300 valence electrons. The van der Waals surface area contributed by atoms with Gasteiger partial charge in [-0.1, -0.05) is 149 Å². The van der Waals surface area contributed by atoms with Crippen molar-refractivity contribution in [3.05, 3.63) is 131 Å². The summed E-state index contributed by atoms with van der Waals surface area (Å²) in [5.74, 6) is 2.85. The van der Waals surface area contributed by atoms with Crippen LogP contribution in [0.3, 0.4) is 0 Å². The lowest BCUT2D eigenvalue weighted by Gasteiger charge is -2.37. The molecule has 3 aromatic carbocycles. The monoisotopic (exact) mass is 752 g/mol. The van der Waals surface area contributed by atoms with Crippen LogP contribution in [0.25, 0.3) is 5.57 Å². The topological polar surface area (TPSA) is 30.9 Å². The number of nitrogens with zero attached hydrogens (tertiary/aromatic N) is 1. The molecule has 1 aliphatic heterocycles. The molecule has 4 nitrogen and oxygen atoms in total. The second kappa shape index (κ2) is 23.6. The highest BCUT2D eigenvalue weighted by Crippen LogP contribution is 2.44. The Kier molecular flexibility index (Phi) is 19.4. The van der Waals surface area contributed by atoms with Crippen LogP contribution in [0.5, 0.6) is 11.5 Å². The van der Waals surface area contributed by atoms with Gasteiger partial charge in [0.15, 0.2) is 0 Å². The molecule has 0 aromatic heterocycles. The summed E-state index contributed by atoms with van der Waals surface area (Å²) in [5, 5.41) is 0. The molecule has 0 saturated carbocycles. The first-order valence-electron chi connectivity index (χ1n) is 20.9. The van der Waals surface area contributed by atoms with Crippen molar-refractivity contribution in [1.82, 2.24) is 0 Å². The molecular formula is C50H70FNO3. The predicted octanol–water partition coefficient (Wildman–Crippen LogP) is 14.5. The van der Waals surface area contributed by atoms with Gasteiger partial charge in [0.1, 0.15) is 23.1 Å². The molecule has 0 saturated heterocycles. The predicted molar refractivity (Wildman–Crippen MR) is 234 cm³/mol. The first-order valence-corrected chi connectivity index (χ1v) is 20.9. The van der Waals surface area contributed by atoms with Crippen molar-refractivity contribution in [2.75, 3.05) is 18.6 Å². The Morgan fingerprint density at radius 1 is 0.800 bits per heavy atom. The molecule has 0 fully saturated rings. The van der Waals surface area contributed by atoms with Crippen molar-refractivity contribution < 1.29 is 18.6 Å². The van der Waals surface area contributed by atoms with Crippen LogP contribution < -0.4 is 14.4 Å². The number of methoxy groups -OCH3 is 1. The Labute approximate surface area is 334 Å². The lowest BCUT2D eigenvalue weighted by atomic mass is 9.88. The van der Waals surface area contributed by atoms with Gasteiger partial charge in [0, 0.05) is 42.3 Å². The molecule has 0 aliphatic carbocycles. The van der Waals surface area contributed by atoms with Gasteiger partial charge < -0.3 is 19.1 Å². The van der Waals surface area contributed by atoms with Crippen molar-refractivity contribution in [2.24, 2.45) is 5.92 Å². The molecule has 0 amide bonds. The fourth-order valence-corrected chi connectivity index (χ4v) is 6.70. The third-order valence-corrected chi connectivity index (χ3v) is 10.5. The maximum absolute atomic E-state index is 15.0. The van der Waals surface area contributed by atoms with E-state index in [1.165, 1.54) is 64.2 Å². The highest BCUT2D eigenvalue weighted by molar-refractivity contribution is 5.92. The van der Waals surface area contributed by atoms with E-state index in [4.69, 9.17) is 14.2 Å². The molecule has 0 bridgehead atoms. The van der Waals surface area contributed by atoms with Crippen LogP contribution in [0, 0.1) is 18.7 Å². The number of benzene rings is 3. The number of rotatable bonds is 22. The molecule has 4 rings (SSSR count). The normalized spacial score (nSPS) is 12.7. The minimum absolute atomic E-state index is 0.167. The van der Waals surface area contributed by atoms with E-state index in [1.807, 2.05) is 42.5 Å². The molecule has 0 radical (unpaired) electrons. The molecule has 1 heterocycles. The number of unbranched alkanes of at least 4 members (excludes halogenated alkanes) is 9. The number of aryl methyl sites for hydroxylation is 1. The number of ether oxygens (including phenoxy) is 3. The minimum atomic E-state index is -0.191. The van der Waals surface area contributed by atoms with E-state index in [0.29, 0.717) is 53.8 Å². The molecule has 3 aromatic rings. The second-order valence-corrected chi connectivity index (χ2v) is 15.4. The van der Waals surface area contributed by atoms with Crippen molar-refractivity contribution >= 4 is 11.3 Å². The van der Waals surface area contributed by atoms with Crippen molar-refractivity contribution in [1.29, 1.82) is 0 Å². The zero-order valence-electron chi connectivity index (χ0n) is 35.5. The number of anilines is 1. The summed E-state index contributed by atoms with van der Waals surface area (Å²) in [7, 11) is 1.66. The maximum Gasteiger partial charge on any atom is 0.129 e. The molecule has 1 atom stereocenters. The highest BCUT2D eigenvalue weighted by Gasteiger charge is 2.29. The number of hydrogen-bond acceptors (Lipinski definition) is 4. The van der Waals surface area contributed by atoms with E-state index in [-0.39, 0.29) is 11.9 Å². The van der Waals surface area contributed by atoms with Crippen LogP contribution in [0.1, 0.15) is 140 Å². The highest BCUT2D eigenvalue weighted by atomic mass is 19.1. The van der Waals surface area contributed by atoms with Gasteiger partial charge in [-0.15, -0.1) is 0 Å². The van der Waals surface area contributed by atoms with Gasteiger partial charge in [-0.2, -0.15) is 0 Å². The summed E-state index contributed by atoms with van der Waals surface area (Å²) in [5.41, 5.74) is 6.79. The first-order chi connectivity index (χ1) is 26.4. The Morgan fingerprint density at radius 2 is 1.42 bits per heavy atom. The van der Waals surface area contributed by atoms with E-state index >= 15 is 4.39 Å². The third kappa shape index (κ3) is 13.8. The third-order valence-electron chi connectivity index (χ3n) is 10.5. The molecule has 0 spiro atoms. The summed E-state index contributed by atoms with van der Waals surface area (Å²) in [4.78, 5) is 2.25. The average molecular weight is 752 g/mol. The van der Waals surface area contributed by atoms with Crippen LogP contribution in [0.2, 0.25) is 0 Å². The largest absolute Gasteiger partial charge is 0.498 e. The zero-order valence-corrected chi connectivity index (χ0v) is 35.5. The molecule has 0 N–H and O–H groups in total. The molecule has 5 heteroatoms. The van der Waals surface area contributed by atoms with Gasteiger partial charge in [0.05, 0.1) is 25.2 Å². The van der Waals surface area contributed by atoms with Gasteiger partial charge >= 0.3 is 0 Å². The zero-order chi connectivity index (χ0) is 40.3. The van der Waals surface area contributed by atoms with Gasteiger partial charge in [-0.3, -0.25) is 0 Å². The van der Waals surface area contributed by atoms with Crippen LogP contribution in [-0.2, 0) is 17.6 Å². The Hall–Kier alpha value is -4.25. The quantitative estimate of drug-likeness (QED) is 0.0756. The van der Waals surface area contributed by atoms with Gasteiger partial charge in [-0.25, -0.2) is 4.39 Å². The Balaban J connectivity index is 0.000000801. The second-order valence-electron chi connectivity index (χ2n) is 15.4. The van der Waals surface area contributed by atoms with Crippen molar-refractivity contribution in [2.45, 2.75) is 138 Å². The van der Waals surface area contributed by atoms with Crippen molar-refractivity contribution in [3.63, 3.8) is 0 Å². The van der Waals surface area contributed by atoms with Crippen LogP contribution >= 0.6 is 0 Å². The van der Waals surface area contributed by atoms with Gasteiger partial charge in [-0.05, 0) is 72.2 Å². The van der Waals surface area contributed by atoms with E-state index in [2.05, 4.69) is 78.4 Å². The van der Waals surface area contributed by atoms with Crippen LogP contribution in [0.4, 0.5) is 10.1 Å². The summed E-state index contributed by atoms with van der Waals surface area (Å²) < 4.78 is 33.0. The number of fused-ring (bicyclic) bond motifs is 1. The van der Waals surface area contributed by atoms with E-state index < -0.39 is 0 Å². The smallest absolute Gasteiger partial charge is 0.129 e. The molecule has 1 unspecified atom stereocenters. The van der Waals surface area contributed by atoms with Crippen molar-refractivity contribution in [3.8, 4) is 11.5 Å². The lowest BCUT2D eigenvalue weighted by molar-refractivity contribution is 0.201. The van der Waals surface area contributed by atoms with Gasteiger partial charge in [0.25, 0.3) is 0 Å². The van der Waals surface area contributed by atoms with E-state index in [0.717, 1.165) is 45.7 Å². The first kappa shape index (κ1) is 45.1. The molecular weight excluding hydrogens is 682 g/mol. The number of hydrogen-bond donors (Lipinski definition) is 0. The average Bonchev–Trinajstić information content (AvgIpc) is 3.17. The van der Waals surface area contributed by atoms with Crippen LogP contribution in [-0.4, -0.2) is 19.8 Å². The fraction of sp³-hybridized carbons (Fsp3) is 0.480. The number of allylic oxidation sites excluding steroid dienone is 2. The standard InChI is InChI=1S/C41H50FNO3.C9H20/c1-10-11-12-13-21-45-29(5)22-33-17-19-36(20-18-33)46-32(8)38-26-43(31(7)27(2)3)39-25-40(44-9)35(24-37(39)30(38)6)23-34-16-14-15-28(4)41(34)42;1-3-5-7-9-8-6-4-2/h14-20,24-27,31H,5-6,8,10-13,21-23H2,1-4,7,9H3;3-9H2,1-2H3. The van der Waals surface area contributed by atoms with Gasteiger partial charge in [0.2, 0.25) is 0 Å². The fourth-order valence-electron chi connectivity index (χ4n) is 6.70. The van der Waals surface area contributed by atoms with Crippen LogP contribution in [0.15, 0.2) is 97.6 Å². The van der Waals surface area contributed by atoms with E-state index in [1.54, 1.807) is 20.1 Å². The summed E-state index contributed by atoms with van der Waals surface area (Å²) in [6.07, 6.45) is 17.8. The van der Waals surface area contributed by atoms with E-state index in [9.17, 15) is 0 Å². The lowest BCUT2D eigenvalue weighted by Crippen LogP contribution is -2.35. The Bertz CT molecular complexity index is 1700. The summed E-state index contributed by atoms with van der Waals surface area (Å²) >= 11 is 0. The number of halogens is 1.